The number of carbonyl (C=O) groups is 1. The van der Waals surface area contributed by atoms with Crippen LogP contribution < -0.4 is 5.32 Å². The Morgan fingerprint density at radius 1 is 1.34 bits per heavy atom. The van der Waals surface area contributed by atoms with E-state index >= 15 is 0 Å². The molecule has 0 bridgehead atoms. The molecule has 4 rings (SSSR count). The zero-order valence-corrected chi connectivity index (χ0v) is 23.6. The number of anilines is 1. The number of rotatable bonds is 9. The van der Waals surface area contributed by atoms with E-state index in [4.69, 9.17) is 0 Å². The van der Waals surface area contributed by atoms with Crippen molar-refractivity contribution in [1.29, 1.82) is 5.26 Å². The van der Waals surface area contributed by atoms with Crippen molar-refractivity contribution in [3.63, 3.8) is 0 Å². The molecular weight excluding hydrogens is 495 g/mol. The summed E-state index contributed by atoms with van der Waals surface area (Å²) >= 11 is 4.70. The number of thiophene rings is 2. The number of fused-ring (bicyclic) bond motifs is 1. The molecule has 0 aliphatic heterocycles. The minimum atomic E-state index is -0.119. The molecule has 186 valence electrons. The van der Waals surface area contributed by atoms with Gasteiger partial charge in [-0.25, -0.2) is 0 Å². The van der Waals surface area contributed by atoms with Crippen LogP contribution in [0.2, 0.25) is 0 Å². The Morgan fingerprint density at radius 3 is 2.80 bits per heavy atom. The van der Waals surface area contributed by atoms with Gasteiger partial charge in [0.2, 0.25) is 5.91 Å². The fourth-order valence-corrected chi connectivity index (χ4v) is 7.53. The molecule has 3 heterocycles. The molecule has 1 aliphatic rings. The lowest BCUT2D eigenvalue weighted by molar-refractivity contribution is -0.113. The van der Waals surface area contributed by atoms with Crippen molar-refractivity contribution < 1.29 is 4.79 Å². The topological polar surface area (TPSA) is 83.6 Å². The van der Waals surface area contributed by atoms with Crippen LogP contribution in [-0.4, -0.2) is 26.4 Å². The summed E-state index contributed by atoms with van der Waals surface area (Å²) in [6.45, 7) is 11.9. The maximum Gasteiger partial charge on any atom is 0.235 e. The summed E-state index contributed by atoms with van der Waals surface area (Å²) in [6, 6.07) is 4.52. The third kappa shape index (κ3) is 5.35. The van der Waals surface area contributed by atoms with E-state index in [9.17, 15) is 10.1 Å². The number of aryl methyl sites for hydroxylation is 1. The number of hydrogen-bond donors (Lipinski definition) is 1. The van der Waals surface area contributed by atoms with Gasteiger partial charge in [-0.05, 0) is 55.6 Å². The Bertz CT molecular complexity index is 1250. The van der Waals surface area contributed by atoms with Gasteiger partial charge in [-0.1, -0.05) is 45.9 Å². The number of nitrogens with one attached hydrogen (secondary N) is 1. The van der Waals surface area contributed by atoms with Crippen molar-refractivity contribution in [1.82, 2.24) is 14.8 Å². The summed E-state index contributed by atoms with van der Waals surface area (Å²) in [6.07, 6.45) is 5.14. The lowest BCUT2D eigenvalue weighted by atomic mass is 9.69. The monoisotopic (exact) mass is 527 g/mol. The number of thioether (sulfide) groups is 1. The van der Waals surface area contributed by atoms with Crippen LogP contribution in [0.4, 0.5) is 5.00 Å². The minimum absolute atomic E-state index is 0.119. The van der Waals surface area contributed by atoms with Crippen molar-refractivity contribution in [2.24, 2.45) is 11.3 Å². The highest BCUT2D eigenvalue weighted by Crippen LogP contribution is 2.45. The van der Waals surface area contributed by atoms with Gasteiger partial charge in [-0.2, -0.15) is 5.26 Å². The first-order chi connectivity index (χ1) is 16.8. The van der Waals surface area contributed by atoms with E-state index in [1.165, 1.54) is 21.5 Å². The first-order valence-electron chi connectivity index (χ1n) is 12.3. The van der Waals surface area contributed by atoms with Crippen molar-refractivity contribution in [2.45, 2.75) is 78.4 Å². The molecular formula is C26H33N5OS3. The van der Waals surface area contributed by atoms with Gasteiger partial charge < -0.3 is 9.88 Å². The highest BCUT2D eigenvalue weighted by Gasteiger charge is 2.34. The Labute approximate surface area is 220 Å². The molecule has 0 fully saturated rings. The number of hydrogen-bond acceptors (Lipinski definition) is 7. The molecule has 0 spiro atoms. The summed E-state index contributed by atoms with van der Waals surface area (Å²) in [5.41, 5.74) is 3.15. The predicted octanol–water partition coefficient (Wildman–Crippen LogP) is 6.79. The average Bonchev–Trinajstić information content (AvgIpc) is 3.57. The molecule has 9 heteroatoms. The molecule has 1 atom stereocenters. The van der Waals surface area contributed by atoms with Gasteiger partial charge >= 0.3 is 0 Å². The largest absolute Gasteiger partial charge is 0.316 e. The molecule has 35 heavy (non-hydrogen) atoms. The second-order valence-electron chi connectivity index (χ2n) is 9.64. The molecule has 0 saturated carbocycles. The molecule has 3 aromatic rings. The van der Waals surface area contributed by atoms with Crippen molar-refractivity contribution in [3.8, 4) is 17.5 Å². The van der Waals surface area contributed by atoms with E-state index in [0.717, 1.165) is 60.8 Å². The zero-order valence-electron chi connectivity index (χ0n) is 21.1. The van der Waals surface area contributed by atoms with Crippen LogP contribution in [0, 0.1) is 22.7 Å². The average molecular weight is 528 g/mol. The Morgan fingerprint density at radius 2 is 2.14 bits per heavy atom. The van der Waals surface area contributed by atoms with Crippen molar-refractivity contribution >= 4 is 45.3 Å². The molecule has 1 amide bonds. The van der Waals surface area contributed by atoms with Crippen LogP contribution in [0.15, 0.2) is 16.6 Å². The van der Waals surface area contributed by atoms with Crippen molar-refractivity contribution in [3.05, 3.63) is 32.3 Å². The molecule has 1 N–H and O–H groups in total. The minimum Gasteiger partial charge on any atom is -0.316 e. The summed E-state index contributed by atoms with van der Waals surface area (Å²) in [4.78, 5) is 15.4. The lowest BCUT2D eigenvalue weighted by Crippen LogP contribution is -2.28. The van der Waals surface area contributed by atoms with Gasteiger partial charge in [0, 0.05) is 27.2 Å². The van der Waals surface area contributed by atoms with Crippen LogP contribution in [0.1, 0.15) is 68.3 Å². The molecule has 0 aromatic carbocycles. The van der Waals surface area contributed by atoms with Gasteiger partial charge in [-0.3, -0.25) is 4.79 Å². The third-order valence-corrected chi connectivity index (χ3v) is 10.5. The Kier molecular flexibility index (Phi) is 8.04. The van der Waals surface area contributed by atoms with Crippen LogP contribution in [0.5, 0.6) is 0 Å². The van der Waals surface area contributed by atoms with Crippen LogP contribution in [0.25, 0.3) is 11.4 Å². The summed E-state index contributed by atoms with van der Waals surface area (Å²) in [5.74, 6) is 1.55. The predicted molar refractivity (Wildman–Crippen MR) is 146 cm³/mol. The second kappa shape index (κ2) is 10.9. The summed E-state index contributed by atoms with van der Waals surface area (Å²) in [7, 11) is 0. The fourth-order valence-electron chi connectivity index (χ4n) is 4.62. The van der Waals surface area contributed by atoms with E-state index in [0.29, 0.717) is 16.5 Å². The lowest BCUT2D eigenvalue weighted by Gasteiger charge is -2.36. The maximum atomic E-state index is 12.9. The van der Waals surface area contributed by atoms with Gasteiger partial charge in [0.25, 0.3) is 0 Å². The van der Waals surface area contributed by atoms with Crippen molar-refractivity contribution in [2.75, 3.05) is 11.1 Å². The number of amides is 1. The molecule has 1 aliphatic carbocycles. The molecule has 6 nitrogen and oxygen atoms in total. The number of nitriles is 1. The quantitative estimate of drug-likeness (QED) is 0.310. The normalized spacial score (nSPS) is 15.6. The number of carbonyl (C=O) groups excluding carboxylic acids is 1. The van der Waals surface area contributed by atoms with Crippen LogP contribution >= 0.6 is 34.4 Å². The molecule has 0 radical (unpaired) electrons. The molecule has 3 aromatic heterocycles. The third-order valence-electron chi connectivity index (χ3n) is 7.27. The highest BCUT2D eigenvalue weighted by atomic mass is 32.2. The SMILES string of the molecule is CCc1cc(-c2nnc(SCC(=O)Nc3sc4c(c3C#N)CCC(C(C)(C)CC)C4)n2CC)cs1. The molecule has 0 saturated heterocycles. The first kappa shape index (κ1) is 25.9. The summed E-state index contributed by atoms with van der Waals surface area (Å²) in [5, 5.41) is 25.2. The molecule has 1 unspecified atom stereocenters. The fraction of sp³-hybridized carbons (Fsp3) is 0.538. The van der Waals surface area contributed by atoms with Crippen LogP contribution in [-0.2, 0) is 30.6 Å². The van der Waals surface area contributed by atoms with E-state index in [1.807, 2.05) is 0 Å². The standard InChI is InChI=1S/C26H33N5OS3/c1-6-18-11-16(14-33-18)23-29-30-25(31(23)8-3)34-15-22(32)28-24-20(13-27)19-10-9-17(12-21(19)35-24)26(4,5)7-2/h11,14,17H,6-10,12,15H2,1-5H3,(H,28,32). The van der Waals surface area contributed by atoms with Gasteiger partial charge in [0.15, 0.2) is 11.0 Å². The van der Waals surface area contributed by atoms with E-state index in [1.54, 1.807) is 22.7 Å². The van der Waals surface area contributed by atoms with Gasteiger partial charge in [-0.15, -0.1) is 32.9 Å². The number of nitrogens with zero attached hydrogens (tertiary/aromatic N) is 4. The second-order valence-corrected chi connectivity index (χ2v) is 12.7. The van der Waals surface area contributed by atoms with Gasteiger partial charge in [0.1, 0.15) is 11.1 Å². The Balaban J connectivity index is 1.44. The smallest absolute Gasteiger partial charge is 0.235 e. The van der Waals surface area contributed by atoms with E-state index < -0.39 is 0 Å². The van der Waals surface area contributed by atoms with Gasteiger partial charge in [0.05, 0.1) is 11.3 Å². The first-order valence-corrected chi connectivity index (χ1v) is 15.0. The zero-order chi connectivity index (χ0) is 25.2. The summed E-state index contributed by atoms with van der Waals surface area (Å²) < 4.78 is 2.06. The Hall–Kier alpha value is -2.15. The maximum absolute atomic E-state index is 12.9. The number of aromatic nitrogens is 3. The van der Waals surface area contributed by atoms with Crippen LogP contribution in [0.3, 0.4) is 0 Å². The highest BCUT2D eigenvalue weighted by molar-refractivity contribution is 7.99. The van der Waals surface area contributed by atoms with E-state index in [2.05, 4.69) is 72.2 Å². The van der Waals surface area contributed by atoms with E-state index in [-0.39, 0.29) is 17.1 Å².